The highest BCUT2D eigenvalue weighted by molar-refractivity contribution is 5.80. The summed E-state index contributed by atoms with van der Waals surface area (Å²) in [5.41, 5.74) is -0.362. The number of hydrogen-bond donors (Lipinski definition) is 1. The molecule has 2 saturated carbocycles. The molecule has 3 aliphatic rings. The number of ether oxygens (including phenoxy) is 1. The zero-order valence-corrected chi connectivity index (χ0v) is 14.9. The largest absolute Gasteiger partial charge is 0.472 e. The normalized spacial score (nSPS) is 47.3. The lowest BCUT2D eigenvalue weighted by Crippen LogP contribution is -2.65. The van der Waals surface area contributed by atoms with Crippen molar-refractivity contribution in [1.29, 1.82) is 0 Å². The van der Waals surface area contributed by atoms with Gasteiger partial charge >= 0.3 is 5.97 Å². The highest BCUT2D eigenvalue weighted by atomic mass is 16.6. The number of aliphatic hydroxyl groups is 1. The number of carbonyl (C=O) groups excluding carboxylic acids is 1. The first-order valence-electron chi connectivity index (χ1n) is 9.26. The Morgan fingerprint density at radius 2 is 2.12 bits per heavy atom. The van der Waals surface area contributed by atoms with Gasteiger partial charge in [0.1, 0.15) is 6.10 Å². The monoisotopic (exact) mass is 332 g/mol. The number of aryl methyl sites for hydroxylation is 1. The molecule has 0 spiro atoms. The van der Waals surface area contributed by atoms with Crippen LogP contribution in [0.2, 0.25) is 0 Å². The zero-order chi connectivity index (χ0) is 17.2. The maximum atomic E-state index is 12.6. The summed E-state index contributed by atoms with van der Waals surface area (Å²) < 4.78 is 11.0. The molecule has 1 aromatic heterocycles. The Bertz CT molecular complexity index is 638. The average Bonchev–Trinajstić information content (AvgIpc) is 3.12. The molecule has 0 unspecified atom stereocenters. The molecular formula is C20H28O4. The van der Waals surface area contributed by atoms with E-state index in [1.807, 2.05) is 6.07 Å². The minimum atomic E-state index is -0.777. The van der Waals surface area contributed by atoms with Gasteiger partial charge in [0.25, 0.3) is 0 Å². The first-order chi connectivity index (χ1) is 11.3. The van der Waals surface area contributed by atoms with Crippen LogP contribution in [0.5, 0.6) is 0 Å². The number of furan rings is 1. The van der Waals surface area contributed by atoms with Crippen molar-refractivity contribution < 1.29 is 19.1 Å². The van der Waals surface area contributed by atoms with Gasteiger partial charge in [0, 0.05) is 11.3 Å². The SMILES string of the molecule is C[C@H]1C[C@@H]2OC(=O)[C@@]3(C)CCC[C@](C)([C@@H]23)[C@@]1(O)CCc1ccoc1. The van der Waals surface area contributed by atoms with Crippen molar-refractivity contribution in [3.63, 3.8) is 0 Å². The van der Waals surface area contributed by atoms with E-state index in [1.165, 1.54) is 0 Å². The van der Waals surface area contributed by atoms with Crippen LogP contribution in [0, 0.1) is 22.7 Å². The van der Waals surface area contributed by atoms with E-state index < -0.39 is 11.0 Å². The maximum absolute atomic E-state index is 12.6. The molecule has 2 heterocycles. The Labute approximate surface area is 143 Å². The van der Waals surface area contributed by atoms with Gasteiger partial charge in [-0.15, -0.1) is 0 Å². The predicted molar refractivity (Wildman–Crippen MR) is 89.2 cm³/mol. The summed E-state index contributed by atoms with van der Waals surface area (Å²) in [6.07, 6.45) is 8.51. The van der Waals surface area contributed by atoms with Crippen LogP contribution in [0.1, 0.15) is 58.4 Å². The van der Waals surface area contributed by atoms with Crippen molar-refractivity contribution in [2.45, 2.75) is 71.0 Å². The summed E-state index contributed by atoms with van der Waals surface area (Å²) >= 11 is 0. The lowest BCUT2D eigenvalue weighted by atomic mass is 9.44. The Kier molecular flexibility index (Phi) is 3.44. The highest BCUT2D eigenvalue weighted by Crippen LogP contribution is 2.67. The van der Waals surface area contributed by atoms with Crippen LogP contribution in [0.25, 0.3) is 0 Å². The molecule has 1 aliphatic heterocycles. The van der Waals surface area contributed by atoms with Gasteiger partial charge in [-0.2, -0.15) is 0 Å². The van der Waals surface area contributed by atoms with Gasteiger partial charge in [-0.25, -0.2) is 0 Å². The molecule has 1 aromatic rings. The summed E-state index contributed by atoms with van der Waals surface area (Å²) in [7, 11) is 0. The number of rotatable bonds is 3. The summed E-state index contributed by atoms with van der Waals surface area (Å²) in [5.74, 6) is 0.190. The lowest BCUT2D eigenvalue weighted by molar-refractivity contribution is -0.217. The van der Waals surface area contributed by atoms with Crippen molar-refractivity contribution in [3.8, 4) is 0 Å². The van der Waals surface area contributed by atoms with E-state index in [0.29, 0.717) is 6.42 Å². The second-order valence-corrected chi connectivity index (χ2v) is 8.80. The molecule has 2 aliphatic carbocycles. The second-order valence-electron chi connectivity index (χ2n) is 8.80. The van der Waals surface area contributed by atoms with E-state index >= 15 is 0 Å². The molecule has 4 nitrogen and oxygen atoms in total. The molecule has 0 radical (unpaired) electrons. The molecule has 0 bridgehead atoms. The highest BCUT2D eigenvalue weighted by Gasteiger charge is 2.70. The van der Waals surface area contributed by atoms with Gasteiger partial charge in [0.2, 0.25) is 0 Å². The van der Waals surface area contributed by atoms with E-state index in [1.54, 1.807) is 12.5 Å². The van der Waals surface area contributed by atoms with Crippen LogP contribution in [0.4, 0.5) is 0 Å². The molecule has 0 amide bonds. The fraction of sp³-hybridized carbons (Fsp3) is 0.750. The van der Waals surface area contributed by atoms with Crippen molar-refractivity contribution >= 4 is 5.97 Å². The molecular weight excluding hydrogens is 304 g/mol. The van der Waals surface area contributed by atoms with Crippen LogP contribution in [-0.2, 0) is 16.0 Å². The van der Waals surface area contributed by atoms with Gasteiger partial charge in [0.05, 0.1) is 23.5 Å². The fourth-order valence-electron chi connectivity index (χ4n) is 6.30. The van der Waals surface area contributed by atoms with Gasteiger partial charge < -0.3 is 14.3 Å². The Morgan fingerprint density at radius 3 is 2.83 bits per heavy atom. The lowest BCUT2D eigenvalue weighted by Gasteiger charge is -2.61. The molecule has 1 N–H and O–H groups in total. The topological polar surface area (TPSA) is 59.7 Å². The third kappa shape index (κ3) is 1.92. The van der Waals surface area contributed by atoms with E-state index in [0.717, 1.165) is 37.7 Å². The fourth-order valence-corrected chi connectivity index (χ4v) is 6.30. The molecule has 6 atom stereocenters. The Hall–Kier alpha value is -1.29. The zero-order valence-electron chi connectivity index (χ0n) is 14.9. The second kappa shape index (κ2) is 5.10. The van der Waals surface area contributed by atoms with Crippen molar-refractivity contribution in [1.82, 2.24) is 0 Å². The van der Waals surface area contributed by atoms with E-state index in [4.69, 9.17) is 9.15 Å². The first-order valence-corrected chi connectivity index (χ1v) is 9.26. The average molecular weight is 332 g/mol. The van der Waals surface area contributed by atoms with Crippen LogP contribution >= 0.6 is 0 Å². The van der Waals surface area contributed by atoms with E-state index in [2.05, 4.69) is 20.8 Å². The van der Waals surface area contributed by atoms with Crippen LogP contribution in [0.3, 0.4) is 0 Å². The summed E-state index contributed by atoms with van der Waals surface area (Å²) in [6, 6.07) is 1.97. The summed E-state index contributed by atoms with van der Waals surface area (Å²) in [4.78, 5) is 12.6. The first kappa shape index (κ1) is 16.2. The van der Waals surface area contributed by atoms with Crippen LogP contribution in [-0.4, -0.2) is 22.8 Å². The van der Waals surface area contributed by atoms with Crippen LogP contribution < -0.4 is 0 Å². The van der Waals surface area contributed by atoms with Crippen LogP contribution in [0.15, 0.2) is 23.0 Å². The number of carbonyl (C=O) groups is 1. The third-order valence-electron chi connectivity index (χ3n) is 7.63. The van der Waals surface area contributed by atoms with Gasteiger partial charge in [0.15, 0.2) is 0 Å². The maximum Gasteiger partial charge on any atom is 0.312 e. The molecule has 132 valence electrons. The minimum absolute atomic E-state index is 0.0306. The van der Waals surface area contributed by atoms with Gasteiger partial charge in [-0.1, -0.05) is 20.3 Å². The number of esters is 1. The van der Waals surface area contributed by atoms with Gasteiger partial charge in [-0.3, -0.25) is 4.79 Å². The summed E-state index contributed by atoms with van der Waals surface area (Å²) in [6.45, 7) is 6.38. The van der Waals surface area contributed by atoms with E-state index in [9.17, 15) is 9.90 Å². The minimum Gasteiger partial charge on any atom is -0.472 e. The van der Waals surface area contributed by atoms with Crippen molar-refractivity contribution in [3.05, 3.63) is 24.2 Å². The predicted octanol–water partition coefficient (Wildman–Crippen LogP) is 3.72. The quantitative estimate of drug-likeness (QED) is 0.857. The smallest absolute Gasteiger partial charge is 0.312 e. The third-order valence-corrected chi connectivity index (χ3v) is 7.63. The number of hydrogen-bond acceptors (Lipinski definition) is 4. The van der Waals surface area contributed by atoms with Crippen molar-refractivity contribution in [2.75, 3.05) is 0 Å². The Balaban J connectivity index is 1.70. The molecule has 3 fully saturated rings. The molecule has 0 aromatic carbocycles. The van der Waals surface area contributed by atoms with Gasteiger partial charge in [-0.05, 0) is 56.6 Å². The molecule has 4 heteroatoms. The standard InChI is InChI=1S/C20H28O4/c1-13-11-15-16-18(2,17(21)24-15)7-4-8-19(16,3)20(13,22)9-5-14-6-10-23-12-14/h6,10,12-13,15-16,22H,4-5,7-9,11H2,1-3H3/t13-,15-,16-,18-,19+,20+/m0/s1. The molecule has 4 rings (SSSR count). The molecule has 1 saturated heterocycles. The van der Waals surface area contributed by atoms with Crippen molar-refractivity contribution in [2.24, 2.45) is 22.7 Å². The van der Waals surface area contributed by atoms with E-state index in [-0.39, 0.29) is 29.3 Å². The Morgan fingerprint density at radius 1 is 1.33 bits per heavy atom. The molecule has 24 heavy (non-hydrogen) atoms. The summed E-state index contributed by atoms with van der Waals surface area (Å²) in [5, 5.41) is 11.9.